The van der Waals surface area contributed by atoms with E-state index < -0.39 is 0 Å². The van der Waals surface area contributed by atoms with Gasteiger partial charge in [0.15, 0.2) is 0 Å². The monoisotopic (exact) mass is 373 g/mol. The molecular formula is C7H4Br2I. The molecule has 1 aromatic carbocycles. The fourth-order valence-corrected chi connectivity index (χ4v) is 2.03. The molecule has 0 saturated heterocycles. The number of rotatable bonds is 0. The normalized spacial score (nSPS) is 10.0. The fourth-order valence-electron chi connectivity index (χ4n) is 0.568. The Labute approximate surface area is 90.8 Å². The largest absolute Gasteiger partial charge is 0.0505 e. The second-order valence-corrected chi connectivity index (χ2v) is 4.62. The van der Waals surface area contributed by atoms with Crippen LogP contribution in [0.15, 0.2) is 15.0 Å². The third kappa shape index (κ3) is 1.74. The second kappa shape index (κ2) is 3.54. The Morgan fingerprint density at radius 2 is 2.10 bits per heavy atom. The molecule has 0 bridgehead atoms. The van der Waals surface area contributed by atoms with Crippen LogP contribution in [-0.2, 0) is 0 Å². The lowest BCUT2D eigenvalue weighted by molar-refractivity contribution is 1.36. The number of halogens is 3. The molecule has 0 fully saturated rings. The maximum atomic E-state index is 3.46. The Balaban J connectivity index is 3.34. The van der Waals surface area contributed by atoms with Crippen molar-refractivity contribution in [3.8, 4) is 0 Å². The highest BCUT2D eigenvalue weighted by Gasteiger charge is 2.02. The Bertz CT molecular complexity index is 231. The molecule has 0 nitrogen and oxygen atoms in total. The summed E-state index contributed by atoms with van der Waals surface area (Å²) in [6.45, 7) is 2.06. The summed E-state index contributed by atoms with van der Waals surface area (Å²) in [4.78, 5) is 0. The van der Waals surface area contributed by atoms with Crippen molar-refractivity contribution in [1.82, 2.24) is 0 Å². The standard InChI is InChI=1S/C7H4Br2I/c1-4-5(8)2-3-6(10)7(4)9/h2H,1H3. The van der Waals surface area contributed by atoms with E-state index in [-0.39, 0.29) is 0 Å². The quantitative estimate of drug-likeness (QED) is 0.477. The van der Waals surface area contributed by atoms with Crippen LogP contribution in [0.2, 0.25) is 0 Å². The molecule has 0 heterocycles. The predicted molar refractivity (Wildman–Crippen MR) is 58.1 cm³/mol. The van der Waals surface area contributed by atoms with Crippen LogP contribution in [0, 0.1) is 16.6 Å². The Hall–Kier alpha value is 0.910. The minimum atomic E-state index is 1.10. The maximum absolute atomic E-state index is 3.46. The van der Waals surface area contributed by atoms with Gasteiger partial charge in [0, 0.05) is 12.5 Å². The Kier molecular flexibility index (Phi) is 3.19. The van der Waals surface area contributed by atoms with E-state index in [4.69, 9.17) is 0 Å². The average Bonchev–Trinajstić information content (AvgIpc) is 1.93. The van der Waals surface area contributed by atoms with Crippen molar-refractivity contribution in [1.29, 1.82) is 0 Å². The van der Waals surface area contributed by atoms with Crippen LogP contribution in [0.25, 0.3) is 0 Å². The van der Waals surface area contributed by atoms with Gasteiger partial charge in [-0.05, 0) is 63.1 Å². The van der Waals surface area contributed by atoms with E-state index >= 15 is 0 Å². The summed E-state index contributed by atoms with van der Waals surface area (Å²) in [6, 6.07) is 5.03. The first-order valence-corrected chi connectivity index (χ1v) is 5.31. The molecule has 0 aliphatic heterocycles. The summed E-state index contributed by atoms with van der Waals surface area (Å²) in [5.74, 6) is 0. The zero-order chi connectivity index (χ0) is 7.72. The van der Waals surface area contributed by atoms with Crippen LogP contribution in [0.3, 0.4) is 0 Å². The highest BCUT2D eigenvalue weighted by atomic mass is 127. The van der Waals surface area contributed by atoms with Gasteiger partial charge in [0.1, 0.15) is 0 Å². The lowest BCUT2D eigenvalue weighted by atomic mass is 10.2. The molecule has 0 unspecified atom stereocenters. The van der Waals surface area contributed by atoms with E-state index in [0.717, 1.165) is 12.5 Å². The minimum absolute atomic E-state index is 1.10. The smallest absolute Gasteiger partial charge is 0.0355 e. The lowest BCUT2D eigenvalue weighted by Crippen LogP contribution is -1.81. The van der Waals surface area contributed by atoms with Gasteiger partial charge in [-0.1, -0.05) is 15.9 Å². The first-order valence-electron chi connectivity index (χ1n) is 2.64. The summed E-state index contributed by atoms with van der Waals surface area (Å²) in [5.41, 5.74) is 1.23. The molecule has 1 radical (unpaired) electrons. The van der Waals surface area contributed by atoms with Gasteiger partial charge in [0.2, 0.25) is 0 Å². The molecule has 10 heavy (non-hydrogen) atoms. The Morgan fingerprint density at radius 1 is 1.50 bits per heavy atom. The molecule has 3 heteroatoms. The van der Waals surface area contributed by atoms with Crippen LogP contribution < -0.4 is 0 Å². The van der Waals surface area contributed by atoms with Crippen molar-refractivity contribution < 1.29 is 0 Å². The number of hydrogen-bond donors (Lipinski definition) is 0. The van der Waals surface area contributed by atoms with Gasteiger partial charge in [0.05, 0.1) is 0 Å². The molecule has 1 rings (SSSR count). The first kappa shape index (κ1) is 9.00. The van der Waals surface area contributed by atoms with Crippen LogP contribution in [0.4, 0.5) is 0 Å². The molecule has 0 amide bonds. The molecule has 0 spiro atoms. The van der Waals surface area contributed by atoms with E-state index in [9.17, 15) is 0 Å². The van der Waals surface area contributed by atoms with Crippen LogP contribution >= 0.6 is 54.5 Å². The van der Waals surface area contributed by atoms with Gasteiger partial charge in [-0.25, -0.2) is 0 Å². The molecule has 0 saturated carbocycles. The van der Waals surface area contributed by atoms with Crippen molar-refractivity contribution in [3.63, 3.8) is 0 Å². The topological polar surface area (TPSA) is 0 Å². The molecule has 0 aliphatic rings. The zero-order valence-electron chi connectivity index (χ0n) is 5.21. The number of benzene rings is 1. The molecule has 0 aromatic heterocycles. The summed E-state index contributed by atoms with van der Waals surface area (Å²) < 4.78 is 3.35. The van der Waals surface area contributed by atoms with Gasteiger partial charge in [-0.15, -0.1) is 0 Å². The maximum Gasteiger partial charge on any atom is 0.0355 e. The lowest BCUT2D eigenvalue weighted by Gasteiger charge is -2.01. The van der Waals surface area contributed by atoms with E-state index in [2.05, 4.69) is 67.4 Å². The summed E-state index contributed by atoms with van der Waals surface area (Å²) in [5, 5.41) is 0. The van der Waals surface area contributed by atoms with Gasteiger partial charge in [-0.2, -0.15) is 0 Å². The highest BCUT2D eigenvalue weighted by molar-refractivity contribution is 14.1. The Morgan fingerprint density at radius 3 is 2.60 bits per heavy atom. The fraction of sp³-hybridized carbons (Fsp3) is 0.143. The molecule has 0 N–H and O–H groups in total. The summed E-state index contributed by atoms with van der Waals surface area (Å²) >= 11 is 9.12. The molecule has 0 atom stereocenters. The van der Waals surface area contributed by atoms with Crippen molar-refractivity contribution in [3.05, 3.63) is 30.2 Å². The van der Waals surface area contributed by atoms with E-state index in [1.54, 1.807) is 0 Å². The van der Waals surface area contributed by atoms with E-state index in [0.29, 0.717) is 0 Å². The third-order valence-electron chi connectivity index (χ3n) is 1.21. The molecular weight excluding hydrogens is 371 g/mol. The van der Waals surface area contributed by atoms with Crippen molar-refractivity contribution in [2.45, 2.75) is 6.92 Å². The predicted octanol–water partition coefficient (Wildman–Crippen LogP) is 3.92. The van der Waals surface area contributed by atoms with Crippen LogP contribution in [-0.4, -0.2) is 0 Å². The average molecular weight is 375 g/mol. The SMILES string of the molecule is Cc1c(Br)c[c]c(I)c1Br. The van der Waals surface area contributed by atoms with Gasteiger partial charge in [-0.3, -0.25) is 0 Å². The molecule has 0 aliphatic carbocycles. The van der Waals surface area contributed by atoms with E-state index in [1.165, 1.54) is 5.56 Å². The van der Waals surface area contributed by atoms with Gasteiger partial charge >= 0.3 is 0 Å². The van der Waals surface area contributed by atoms with Gasteiger partial charge < -0.3 is 0 Å². The minimum Gasteiger partial charge on any atom is -0.0505 e. The zero-order valence-corrected chi connectivity index (χ0v) is 10.5. The van der Waals surface area contributed by atoms with Crippen LogP contribution in [0.1, 0.15) is 5.56 Å². The van der Waals surface area contributed by atoms with E-state index in [1.807, 2.05) is 6.07 Å². The van der Waals surface area contributed by atoms with Crippen molar-refractivity contribution in [2.75, 3.05) is 0 Å². The van der Waals surface area contributed by atoms with Gasteiger partial charge in [0.25, 0.3) is 0 Å². The first-order chi connectivity index (χ1) is 4.63. The number of hydrogen-bond acceptors (Lipinski definition) is 0. The molecule has 53 valence electrons. The molecule has 1 aromatic rings. The van der Waals surface area contributed by atoms with Crippen LogP contribution in [0.5, 0.6) is 0 Å². The third-order valence-corrected chi connectivity index (χ3v) is 4.61. The highest BCUT2D eigenvalue weighted by Crippen LogP contribution is 2.28. The summed E-state index contributed by atoms with van der Waals surface area (Å²) in [6.07, 6.45) is 0. The van der Waals surface area contributed by atoms with Crippen molar-refractivity contribution >= 4 is 54.5 Å². The second-order valence-electron chi connectivity index (χ2n) is 1.89. The summed E-state index contributed by atoms with van der Waals surface area (Å²) in [7, 11) is 0. The van der Waals surface area contributed by atoms with Crippen molar-refractivity contribution in [2.24, 2.45) is 0 Å².